The summed E-state index contributed by atoms with van der Waals surface area (Å²) in [4.78, 5) is 18.3. The fraction of sp³-hybridized carbons (Fsp3) is 0.286. The number of thioether (sulfide) groups is 1. The molecule has 0 aliphatic heterocycles. The summed E-state index contributed by atoms with van der Waals surface area (Å²) < 4.78 is 0. The van der Waals surface area contributed by atoms with Gasteiger partial charge in [0.05, 0.1) is 0 Å². The predicted molar refractivity (Wildman–Crippen MR) is 78.4 cm³/mol. The zero-order valence-corrected chi connectivity index (χ0v) is 11.8. The fourth-order valence-corrected chi connectivity index (χ4v) is 2.78. The number of nitrogens with zero attached hydrogens (tertiary/aromatic N) is 1. The maximum Gasteiger partial charge on any atom is 0.251 e. The molecule has 4 nitrogen and oxygen atoms in total. The zero-order valence-electron chi connectivity index (χ0n) is 11.0. The van der Waals surface area contributed by atoms with Crippen molar-refractivity contribution in [2.75, 3.05) is 5.75 Å². The van der Waals surface area contributed by atoms with Crippen LogP contribution >= 0.6 is 11.8 Å². The van der Waals surface area contributed by atoms with E-state index in [1.807, 2.05) is 31.2 Å². The molecular weight excluding hydrogens is 258 g/mol. The average molecular weight is 275 g/mol. The third-order valence-corrected chi connectivity index (χ3v) is 3.83. The molecule has 3 N–H and O–H groups in total. The number of aromatic amines is 1. The van der Waals surface area contributed by atoms with Crippen molar-refractivity contribution in [3.8, 4) is 0 Å². The van der Waals surface area contributed by atoms with Crippen LogP contribution in [0.2, 0.25) is 0 Å². The number of H-pyrrole nitrogens is 1. The summed E-state index contributed by atoms with van der Waals surface area (Å²) in [5, 5.41) is 0.619. The highest BCUT2D eigenvalue weighted by atomic mass is 32.2. The van der Waals surface area contributed by atoms with Crippen molar-refractivity contribution in [2.24, 2.45) is 5.73 Å². The summed E-state index contributed by atoms with van der Waals surface area (Å²) in [6, 6.07) is 9.47. The second-order valence-corrected chi connectivity index (χ2v) is 5.47. The Balaban J connectivity index is 2.06. The lowest BCUT2D eigenvalue weighted by Crippen LogP contribution is -2.15. The smallest absolute Gasteiger partial charge is 0.251 e. The summed E-state index contributed by atoms with van der Waals surface area (Å²) >= 11 is 1.47. The van der Waals surface area contributed by atoms with Crippen LogP contribution in [0.25, 0.3) is 0 Å². The molecule has 0 radical (unpaired) electrons. The van der Waals surface area contributed by atoms with Gasteiger partial charge in [-0.2, -0.15) is 0 Å². The number of nitrogens with one attached hydrogen (secondary N) is 1. The van der Waals surface area contributed by atoms with Crippen molar-refractivity contribution in [3.63, 3.8) is 0 Å². The van der Waals surface area contributed by atoms with Gasteiger partial charge in [0.2, 0.25) is 0 Å². The number of benzene rings is 1. The van der Waals surface area contributed by atoms with Gasteiger partial charge in [-0.3, -0.25) is 4.79 Å². The molecule has 2 aromatic rings. The quantitative estimate of drug-likeness (QED) is 0.662. The Labute approximate surface area is 116 Å². The first-order valence-electron chi connectivity index (χ1n) is 6.08. The van der Waals surface area contributed by atoms with Crippen molar-refractivity contribution < 1.29 is 0 Å². The van der Waals surface area contributed by atoms with Crippen molar-refractivity contribution >= 4 is 11.8 Å². The third-order valence-electron chi connectivity index (χ3n) is 2.84. The van der Waals surface area contributed by atoms with Crippen LogP contribution in [0.1, 0.15) is 22.9 Å². The fourth-order valence-electron chi connectivity index (χ4n) is 1.88. The minimum absolute atomic E-state index is 0.0722. The summed E-state index contributed by atoms with van der Waals surface area (Å²) in [6.07, 6.45) is 0. The molecule has 5 heteroatoms. The van der Waals surface area contributed by atoms with Gasteiger partial charge in [0.15, 0.2) is 5.16 Å². The van der Waals surface area contributed by atoms with Crippen molar-refractivity contribution in [2.45, 2.75) is 25.0 Å². The second-order valence-electron chi connectivity index (χ2n) is 4.47. The highest BCUT2D eigenvalue weighted by molar-refractivity contribution is 7.99. The van der Waals surface area contributed by atoms with Crippen LogP contribution in [0.5, 0.6) is 0 Å². The highest BCUT2D eigenvalue weighted by Crippen LogP contribution is 2.22. The molecule has 1 aromatic heterocycles. The number of nitrogens with two attached hydrogens (primary N) is 1. The van der Waals surface area contributed by atoms with E-state index in [9.17, 15) is 4.79 Å². The van der Waals surface area contributed by atoms with Gasteiger partial charge in [-0.05, 0) is 25.0 Å². The summed E-state index contributed by atoms with van der Waals surface area (Å²) in [6.45, 7) is 3.85. The summed E-state index contributed by atoms with van der Waals surface area (Å²) in [5.41, 5.74) is 9.08. The molecule has 1 aromatic carbocycles. The van der Waals surface area contributed by atoms with Crippen LogP contribution in [-0.4, -0.2) is 15.7 Å². The normalized spacial score (nSPS) is 12.4. The average Bonchev–Trinajstić information content (AvgIpc) is 2.35. The summed E-state index contributed by atoms with van der Waals surface area (Å²) in [5.74, 6) is 0.678. The van der Waals surface area contributed by atoms with Gasteiger partial charge >= 0.3 is 0 Å². The lowest BCUT2D eigenvalue weighted by molar-refractivity contribution is 0.815. The van der Waals surface area contributed by atoms with Gasteiger partial charge in [0, 0.05) is 23.6 Å². The highest BCUT2D eigenvalue weighted by Gasteiger charge is 2.10. The van der Waals surface area contributed by atoms with E-state index in [2.05, 4.69) is 9.97 Å². The Hall–Kier alpha value is -1.59. The monoisotopic (exact) mass is 275 g/mol. The van der Waals surface area contributed by atoms with Crippen LogP contribution in [0.4, 0.5) is 0 Å². The third kappa shape index (κ3) is 3.68. The molecule has 100 valence electrons. The maximum absolute atomic E-state index is 11.3. The van der Waals surface area contributed by atoms with Gasteiger partial charge in [-0.25, -0.2) is 4.98 Å². The molecule has 0 amide bonds. The van der Waals surface area contributed by atoms with Gasteiger partial charge in [0.1, 0.15) is 0 Å². The van der Waals surface area contributed by atoms with Gasteiger partial charge < -0.3 is 10.7 Å². The molecule has 0 fully saturated rings. The lowest BCUT2D eigenvalue weighted by atomic mass is 10.0. The van der Waals surface area contributed by atoms with Crippen LogP contribution < -0.4 is 11.3 Å². The molecule has 0 bridgehead atoms. The van der Waals surface area contributed by atoms with Crippen LogP contribution in [0.15, 0.2) is 40.3 Å². The number of aryl methyl sites for hydroxylation is 2. The Bertz CT molecular complexity index is 624. The molecule has 0 saturated heterocycles. The van der Waals surface area contributed by atoms with Crippen LogP contribution in [-0.2, 0) is 0 Å². The van der Waals surface area contributed by atoms with E-state index in [4.69, 9.17) is 5.73 Å². The Morgan fingerprint density at radius 2 is 2.11 bits per heavy atom. The lowest BCUT2D eigenvalue weighted by Gasteiger charge is -2.13. The van der Waals surface area contributed by atoms with E-state index in [0.29, 0.717) is 10.9 Å². The molecule has 19 heavy (non-hydrogen) atoms. The molecule has 0 spiro atoms. The number of aromatic nitrogens is 2. The predicted octanol–water partition coefficient (Wildman–Crippen LogP) is 2.18. The maximum atomic E-state index is 11.3. The van der Waals surface area contributed by atoms with E-state index in [1.54, 1.807) is 6.92 Å². The number of rotatable bonds is 4. The van der Waals surface area contributed by atoms with E-state index in [1.165, 1.54) is 23.4 Å². The van der Waals surface area contributed by atoms with Crippen molar-refractivity contribution in [1.82, 2.24) is 9.97 Å². The molecule has 0 saturated carbocycles. The standard InChI is InChI=1S/C14H17N3OS/c1-9-5-3-4-6-11(9)12(15)8-19-14-16-10(2)7-13(18)17-14/h3-7,12H,8,15H2,1-2H3,(H,16,17,18). The molecule has 2 rings (SSSR count). The van der Waals surface area contributed by atoms with Crippen molar-refractivity contribution in [1.29, 1.82) is 0 Å². The SMILES string of the molecule is Cc1cc(=O)[nH]c(SCC(N)c2ccccc2C)n1. The second kappa shape index (κ2) is 6.04. The largest absolute Gasteiger partial charge is 0.323 e. The first kappa shape index (κ1) is 13.8. The molecule has 1 atom stereocenters. The van der Waals surface area contributed by atoms with Crippen LogP contribution in [0, 0.1) is 13.8 Å². The molecule has 0 aliphatic rings. The van der Waals surface area contributed by atoms with E-state index >= 15 is 0 Å². The van der Waals surface area contributed by atoms with E-state index < -0.39 is 0 Å². The molecular formula is C14H17N3OS. The van der Waals surface area contributed by atoms with Gasteiger partial charge in [0.25, 0.3) is 5.56 Å². The van der Waals surface area contributed by atoms with E-state index in [-0.39, 0.29) is 11.6 Å². The van der Waals surface area contributed by atoms with E-state index in [0.717, 1.165) is 11.3 Å². The zero-order chi connectivity index (χ0) is 13.8. The van der Waals surface area contributed by atoms with Gasteiger partial charge in [-0.1, -0.05) is 36.0 Å². The van der Waals surface area contributed by atoms with Crippen molar-refractivity contribution in [3.05, 3.63) is 57.5 Å². The molecule has 1 unspecified atom stereocenters. The minimum Gasteiger partial charge on any atom is -0.323 e. The number of hydrogen-bond donors (Lipinski definition) is 2. The first-order chi connectivity index (χ1) is 9.06. The minimum atomic E-state index is -0.125. The first-order valence-corrected chi connectivity index (χ1v) is 7.06. The number of hydrogen-bond acceptors (Lipinski definition) is 4. The Morgan fingerprint density at radius 1 is 1.37 bits per heavy atom. The van der Waals surface area contributed by atoms with Gasteiger partial charge in [-0.15, -0.1) is 0 Å². The Kier molecular flexibility index (Phi) is 4.39. The molecule has 0 aliphatic carbocycles. The Morgan fingerprint density at radius 3 is 2.79 bits per heavy atom. The topological polar surface area (TPSA) is 71.8 Å². The summed E-state index contributed by atoms with van der Waals surface area (Å²) in [7, 11) is 0. The van der Waals surface area contributed by atoms with Crippen LogP contribution in [0.3, 0.4) is 0 Å². The molecule has 1 heterocycles.